The molecule has 0 unspecified atom stereocenters. The fourth-order valence-electron chi connectivity index (χ4n) is 3.32. The van der Waals surface area contributed by atoms with Crippen LogP contribution in [0.2, 0.25) is 0 Å². The summed E-state index contributed by atoms with van der Waals surface area (Å²) in [5.41, 5.74) is 0.536. The molecule has 0 aromatic rings. The van der Waals surface area contributed by atoms with Gasteiger partial charge in [0.2, 0.25) is 0 Å². The second-order valence-corrected chi connectivity index (χ2v) is 6.72. The first kappa shape index (κ1) is 21.0. The fraction of sp³-hybridized carbons (Fsp3) is 0.941. The third-order valence-electron chi connectivity index (χ3n) is 5.32. The summed E-state index contributed by atoms with van der Waals surface area (Å²) in [6.45, 7) is 9.55. The topological polar surface area (TPSA) is 48.9 Å². The van der Waals surface area contributed by atoms with Crippen molar-refractivity contribution in [2.75, 3.05) is 53.0 Å². The Morgan fingerprint density at radius 2 is 1.91 bits per heavy atom. The van der Waals surface area contributed by atoms with Crippen molar-refractivity contribution in [1.29, 1.82) is 0 Å². The summed E-state index contributed by atoms with van der Waals surface area (Å²) in [6.07, 6.45) is 7.83. The van der Waals surface area contributed by atoms with Gasteiger partial charge < -0.3 is 15.4 Å². The monoisotopic (exact) mass is 438 g/mol. The van der Waals surface area contributed by atoms with Crippen LogP contribution < -0.4 is 10.6 Å². The number of aliphatic imine (C=N–C) groups is 1. The summed E-state index contributed by atoms with van der Waals surface area (Å²) in [7, 11) is 1.86. The number of hydrogen-bond acceptors (Lipinski definition) is 3. The fourth-order valence-corrected chi connectivity index (χ4v) is 3.32. The van der Waals surface area contributed by atoms with Crippen molar-refractivity contribution in [1.82, 2.24) is 15.5 Å². The Morgan fingerprint density at radius 1 is 1.17 bits per heavy atom. The van der Waals surface area contributed by atoms with E-state index in [1.54, 1.807) is 0 Å². The van der Waals surface area contributed by atoms with E-state index in [4.69, 9.17) is 4.74 Å². The molecule has 1 aliphatic carbocycles. The van der Waals surface area contributed by atoms with Crippen LogP contribution in [0.15, 0.2) is 4.99 Å². The van der Waals surface area contributed by atoms with E-state index in [0.29, 0.717) is 5.41 Å². The molecule has 1 aliphatic heterocycles. The minimum absolute atomic E-state index is 0. The van der Waals surface area contributed by atoms with Crippen LogP contribution in [0.5, 0.6) is 0 Å². The molecule has 0 aromatic heterocycles. The normalized spacial score (nSPS) is 21.2. The highest BCUT2D eigenvalue weighted by Crippen LogP contribution is 2.42. The molecular weight excluding hydrogens is 403 g/mol. The number of unbranched alkanes of at least 4 members (excludes halogenated alkanes) is 1. The summed E-state index contributed by atoms with van der Waals surface area (Å²) in [6, 6.07) is 0. The van der Waals surface area contributed by atoms with Crippen LogP contribution in [0.3, 0.4) is 0 Å². The molecular formula is C17H35IN4O. The van der Waals surface area contributed by atoms with Gasteiger partial charge in [0.25, 0.3) is 0 Å². The number of ether oxygens (including phenoxy) is 1. The largest absolute Gasteiger partial charge is 0.379 e. The lowest BCUT2D eigenvalue weighted by Gasteiger charge is -2.41. The van der Waals surface area contributed by atoms with Gasteiger partial charge in [-0.05, 0) is 44.1 Å². The van der Waals surface area contributed by atoms with E-state index in [0.717, 1.165) is 45.4 Å². The molecule has 0 amide bonds. The molecule has 2 N–H and O–H groups in total. The Hall–Kier alpha value is -0.0800. The highest BCUT2D eigenvalue weighted by atomic mass is 127. The number of nitrogens with one attached hydrogen (secondary N) is 2. The molecule has 1 saturated carbocycles. The van der Waals surface area contributed by atoms with Crippen LogP contribution in [0.4, 0.5) is 0 Å². The van der Waals surface area contributed by atoms with Gasteiger partial charge in [-0.1, -0.05) is 13.3 Å². The Balaban J connectivity index is 0.00000264. The molecule has 0 aromatic carbocycles. The predicted molar refractivity (Wildman–Crippen MR) is 108 cm³/mol. The van der Waals surface area contributed by atoms with Crippen molar-refractivity contribution < 1.29 is 4.74 Å². The quantitative estimate of drug-likeness (QED) is 0.265. The Morgan fingerprint density at radius 3 is 2.48 bits per heavy atom. The van der Waals surface area contributed by atoms with Crippen LogP contribution in [0.25, 0.3) is 0 Å². The number of guanidine groups is 1. The molecule has 2 fully saturated rings. The highest BCUT2D eigenvalue weighted by Gasteiger charge is 2.34. The van der Waals surface area contributed by atoms with Gasteiger partial charge in [-0.3, -0.25) is 9.89 Å². The summed E-state index contributed by atoms with van der Waals surface area (Å²) >= 11 is 0. The van der Waals surface area contributed by atoms with Gasteiger partial charge in [0.05, 0.1) is 13.2 Å². The van der Waals surface area contributed by atoms with E-state index in [1.807, 2.05) is 7.05 Å². The molecule has 5 nitrogen and oxygen atoms in total. The third-order valence-corrected chi connectivity index (χ3v) is 5.32. The molecule has 1 heterocycles. The van der Waals surface area contributed by atoms with E-state index in [-0.39, 0.29) is 24.0 Å². The van der Waals surface area contributed by atoms with E-state index in [1.165, 1.54) is 45.1 Å². The van der Waals surface area contributed by atoms with E-state index < -0.39 is 0 Å². The molecule has 0 atom stereocenters. The Labute approximate surface area is 159 Å². The summed E-state index contributed by atoms with van der Waals surface area (Å²) in [5, 5.41) is 6.96. The van der Waals surface area contributed by atoms with E-state index in [2.05, 4.69) is 27.4 Å². The zero-order valence-corrected chi connectivity index (χ0v) is 17.2. The van der Waals surface area contributed by atoms with Gasteiger partial charge in [-0.15, -0.1) is 24.0 Å². The molecule has 0 bridgehead atoms. The third kappa shape index (κ3) is 7.13. The maximum absolute atomic E-state index is 5.37. The molecule has 136 valence electrons. The van der Waals surface area contributed by atoms with Crippen LogP contribution in [-0.4, -0.2) is 63.8 Å². The summed E-state index contributed by atoms with van der Waals surface area (Å²) < 4.78 is 5.37. The Bertz CT molecular complexity index is 336. The van der Waals surface area contributed by atoms with Crippen molar-refractivity contribution in [3.8, 4) is 0 Å². The number of halogens is 1. The lowest BCUT2D eigenvalue weighted by Crippen LogP contribution is -2.46. The maximum atomic E-state index is 5.37. The van der Waals surface area contributed by atoms with Gasteiger partial charge in [-0.2, -0.15) is 0 Å². The average molecular weight is 438 g/mol. The molecule has 6 heteroatoms. The predicted octanol–water partition coefficient (Wildman–Crippen LogP) is 2.46. The van der Waals surface area contributed by atoms with Gasteiger partial charge >= 0.3 is 0 Å². The summed E-state index contributed by atoms with van der Waals surface area (Å²) in [5.74, 6) is 0.964. The van der Waals surface area contributed by atoms with Gasteiger partial charge in [-0.25, -0.2) is 0 Å². The highest BCUT2D eigenvalue weighted by molar-refractivity contribution is 14.0. The van der Waals surface area contributed by atoms with Crippen molar-refractivity contribution in [3.63, 3.8) is 0 Å². The number of rotatable bonds is 8. The van der Waals surface area contributed by atoms with Crippen LogP contribution >= 0.6 is 24.0 Å². The second-order valence-electron chi connectivity index (χ2n) is 6.72. The maximum Gasteiger partial charge on any atom is 0.190 e. The molecule has 2 rings (SSSR count). The summed E-state index contributed by atoms with van der Waals surface area (Å²) in [4.78, 5) is 6.84. The minimum atomic E-state index is 0. The van der Waals surface area contributed by atoms with Crippen molar-refractivity contribution >= 4 is 29.9 Å². The smallest absolute Gasteiger partial charge is 0.190 e. The van der Waals surface area contributed by atoms with Crippen molar-refractivity contribution in [2.45, 2.75) is 45.4 Å². The van der Waals surface area contributed by atoms with Gasteiger partial charge in [0, 0.05) is 33.2 Å². The molecule has 2 aliphatic rings. The SMILES string of the molecule is CCC1(CNC(=NC)NCCCCN2CCOCC2)CCC1.I. The van der Waals surface area contributed by atoms with Gasteiger partial charge in [0.1, 0.15) is 0 Å². The zero-order chi connectivity index (χ0) is 15.7. The van der Waals surface area contributed by atoms with Crippen molar-refractivity contribution in [3.05, 3.63) is 0 Å². The van der Waals surface area contributed by atoms with Crippen LogP contribution in [-0.2, 0) is 4.74 Å². The first-order valence-electron chi connectivity index (χ1n) is 9.03. The number of hydrogen-bond donors (Lipinski definition) is 2. The lowest BCUT2D eigenvalue weighted by atomic mass is 9.67. The van der Waals surface area contributed by atoms with Gasteiger partial charge in [0.15, 0.2) is 5.96 Å². The zero-order valence-electron chi connectivity index (χ0n) is 14.9. The first-order valence-corrected chi connectivity index (χ1v) is 9.03. The van der Waals surface area contributed by atoms with Crippen LogP contribution in [0.1, 0.15) is 45.4 Å². The second kappa shape index (κ2) is 11.5. The van der Waals surface area contributed by atoms with Crippen molar-refractivity contribution in [2.24, 2.45) is 10.4 Å². The molecule has 0 radical (unpaired) electrons. The minimum Gasteiger partial charge on any atom is -0.379 e. The lowest BCUT2D eigenvalue weighted by molar-refractivity contribution is 0.0372. The Kier molecular flexibility index (Phi) is 10.5. The molecule has 0 spiro atoms. The number of morpholine rings is 1. The molecule has 23 heavy (non-hydrogen) atoms. The van der Waals surface area contributed by atoms with E-state index in [9.17, 15) is 0 Å². The molecule has 1 saturated heterocycles. The standard InChI is InChI=1S/C17H34N4O.HI/c1-3-17(7-6-8-17)15-20-16(18-2)19-9-4-5-10-21-11-13-22-14-12-21;/h3-15H2,1-2H3,(H2,18,19,20);1H. The van der Waals surface area contributed by atoms with Crippen LogP contribution in [0, 0.1) is 5.41 Å². The van der Waals surface area contributed by atoms with E-state index >= 15 is 0 Å². The number of nitrogens with zero attached hydrogens (tertiary/aromatic N) is 2. The first-order chi connectivity index (χ1) is 10.8. The average Bonchev–Trinajstić information content (AvgIpc) is 2.53.